The first-order valence-corrected chi connectivity index (χ1v) is 6.80. The van der Waals surface area contributed by atoms with Gasteiger partial charge in [0.1, 0.15) is 12.2 Å². The molecule has 0 unspecified atom stereocenters. The molecular formula is C14H18N2O5. The largest absolute Gasteiger partial charge is 0.480 e. The topological polar surface area (TPSA) is 99.7 Å². The molecule has 1 saturated heterocycles. The van der Waals surface area contributed by atoms with Gasteiger partial charge in [-0.2, -0.15) is 0 Å². The summed E-state index contributed by atoms with van der Waals surface area (Å²) < 4.78 is 5.21. The molecule has 0 aromatic carbocycles. The van der Waals surface area contributed by atoms with Crippen molar-refractivity contribution in [3.05, 3.63) is 33.7 Å². The lowest BCUT2D eigenvalue weighted by atomic mass is 10.1. The van der Waals surface area contributed by atoms with E-state index in [-0.39, 0.29) is 29.7 Å². The van der Waals surface area contributed by atoms with Crippen molar-refractivity contribution in [2.24, 2.45) is 0 Å². The number of amides is 1. The fourth-order valence-corrected chi connectivity index (χ4v) is 2.33. The van der Waals surface area contributed by atoms with Gasteiger partial charge in [-0.3, -0.25) is 9.59 Å². The average molecular weight is 294 g/mol. The number of carboxylic acids is 1. The lowest BCUT2D eigenvalue weighted by Crippen LogP contribution is -2.42. The second-order valence-corrected chi connectivity index (χ2v) is 5.08. The van der Waals surface area contributed by atoms with Crippen molar-refractivity contribution >= 4 is 11.9 Å². The van der Waals surface area contributed by atoms with Crippen LogP contribution in [0.5, 0.6) is 0 Å². The fourth-order valence-electron chi connectivity index (χ4n) is 2.33. The van der Waals surface area contributed by atoms with Crippen LogP contribution < -0.4 is 5.56 Å². The van der Waals surface area contributed by atoms with Crippen molar-refractivity contribution < 1.29 is 19.4 Å². The van der Waals surface area contributed by atoms with Crippen molar-refractivity contribution in [2.45, 2.75) is 25.9 Å². The van der Waals surface area contributed by atoms with E-state index in [4.69, 9.17) is 9.84 Å². The van der Waals surface area contributed by atoms with Gasteiger partial charge in [0.05, 0.1) is 6.10 Å². The summed E-state index contributed by atoms with van der Waals surface area (Å²) in [5.41, 5.74) is 0.451. The molecule has 0 bridgehead atoms. The zero-order valence-corrected chi connectivity index (χ0v) is 11.8. The van der Waals surface area contributed by atoms with Crippen LogP contribution in [0.1, 0.15) is 28.9 Å². The molecule has 0 spiro atoms. The van der Waals surface area contributed by atoms with Gasteiger partial charge in [-0.25, -0.2) is 4.79 Å². The molecule has 1 aliphatic heterocycles. The Morgan fingerprint density at radius 2 is 2.05 bits per heavy atom. The van der Waals surface area contributed by atoms with E-state index in [9.17, 15) is 14.4 Å². The molecule has 0 radical (unpaired) electrons. The average Bonchev–Trinajstić information content (AvgIpc) is 2.45. The normalized spacial score (nSPS) is 16.0. The SMILES string of the molecule is Cc1ccc(C(=O)N2CCC(OCC(=O)O)CC2)c(=O)[nH]1. The number of aliphatic carboxylic acids is 1. The molecule has 0 saturated carbocycles. The van der Waals surface area contributed by atoms with Crippen LogP contribution in [-0.4, -0.2) is 52.7 Å². The third-order valence-corrected chi connectivity index (χ3v) is 3.46. The molecule has 2 N–H and O–H groups in total. The molecule has 0 aliphatic carbocycles. The number of rotatable bonds is 4. The molecule has 1 aliphatic rings. The number of carboxylic acid groups (broad SMARTS) is 1. The van der Waals surface area contributed by atoms with Crippen molar-refractivity contribution in [1.29, 1.82) is 0 Å². The van der Waals surface area contributed by atoms with Crippen molar-refractivity contribution in [1.82, 2.24) is 9.88 Å². The van der Waals surface area contributed by atoms with Gasteiger partial charge in [0.2, 0.25) is 0 Å². The van der Waals surface area contributed by atoms with E-state index < -0.39 is 5.97 Å². The minimum Gasteiger partial charge on any atom is -0.480 e. The Morgan fingerprint density at radius 3 is 2.62 bits per heavy atom. The number of ether oxygens (including phenoxy) is 1. The molecule has 1 aromatic heterocycles. The van der Waals surface area contributed by atoms with E-state index in [1.54, 1.807) is 17.9 Å². The number of aromatic amines is 1. The predicted molar refractivity (Wildman–Crippen MR) is 74.3 cm³/mol. The summed E-state index contributed by atoms with van der Waals surface area (Å²) in [6.45, 7) is 2.34. The minimum absolute atomic E-state index is 0.130. The number of hydrogen-bond donors (Lipinski definition) is 2. The summed E-state index contributed by atoms with van der Waals surface area (Å²) >= 11 is 0. The molecule has 114 valence electrons. The first kappa shape index (κ1) is 15.2. The molecule has 1 amide bonds. The zero-order valence-electron chi connectivity index (χ0n) is 11.8. The lowest BCUT2D eigenvalue weighted by Gasteiger charge is -2.31. The third kappa shape index (κ3) is 3.91. The van der Waals surface area contributed by atoms with Gasteiger partial charge < -0.3 is 19.7 Å². The van der Waals surface area contributed by atoms with Crippen LogP contribution >= 0.6 is 0 Å². The Bertz CT molecular complexity index is 587. The van der Waals surface area contributed by atoms with E-state index in [1.165, 1.54) is 6.07 Å². The monoisotopic (exact) mass is 294 g/mol. The zero-order chi connectivity index (χ0) is 15.4. The van der Waals surface area contributed by atoms with E-state index in [0.717, 1.165) is 0 Å². The predicted octanol–water partition coefficient (Wildman–Crippen LogP) is 0.389. The van der Waals surface area contributed by atoms with Crippen molar-refractivity contribution in [3.63, 3.8) is 0 Å². The minimum atomic E-state index is -1.00. The summed E-state index contributed by atoms with van der Waals surface area (Å²) in [5.74, 6) is -1.30. The molecular weight excluding hydrogens is 276 g/mol. The summed E-state index contributed by atoms with van der Waals surface area (Å²) in [7, 11) is 0. The van der Waals surface area contributed by atoms with Gasteiger partial charge in [0.25, 0.3) is 11.5 Å². The van der Waals surface area contributed by atoms with E-state index >= 15 is 0 Å². The highest BCUT2D eigenvalue weighted by Crippen LogP contribution is 2.15. The standard InChI is InChI=1S/C14H18N2O5/c1-9-2-3-11(13(19)15-9)14(20)16-6-4-10(5-7-16)21-8-12(17)18/h2-3,10H,4-8H2,1H3,(H,15,19)(H,17,18). The summed E-state index contributed by atoms with van der Waals surface area (Å²) in [5, 5.41) is 8.56. The molecule has 1 fully saturated rings. The first-order valence-electron chi connectivity index (χ1n) is 6.80. The highest BCUT2D eigenvalue weighted by atomic mass is 16.5. The Kier molecular flexibility index (Phi) is 4.74. The molecule has 7 nitrogen and oxygen atoms in total. The smallest absolute Gasteiger partial charge is 0.329 e. The molecule has 2 heterocycles. The fraction of sp³-hybridized carbons (Fsp3) is 0.500. The Labute approximate surface area is 121 Å². The van der Waals surface area contributed by atoms with E-state index in [0.29, 0.717) is 31.6 Å². The van der Waals surface area contributed by atoms with Crippen LogP contribution in [0.4, 0.5) is 0 Å². The highest BCUT2D eigenvalue weighted by molar-refractivity contribution is 5.93. The number of hydrogen-bond acceptors (Lipinski definition) is 4. The van der Waals surface area contributed by atoms with Crippen LogP contribution in [0.3, 0.4) is 0 Å². The number of nitrogens with zero attached hydrogens (tertiary/aromatic N) is 1. The number of carbonyl (C=O) groups excluding carboxylic acids is 1. The van der Waals surface area contributed by atoms with Gasteiger partial charge in [-0.1, -0.05) is 0 Å². The first-order chi connectivity index (χ1) is 9.97. The summed E-state index contributed by atoms with van der Waals surface area (Å²) in [6.07, 6.45) is 0.993. The van der Waals surface area contributed by atoms with Gasteiger partial charge in [0.15, 0.2) is 0 Å². The van der Waals surface area contributed by atoms with Crippen molar-refractivity contribution in [3.8, 4) is 0 Å². The maximum absolute atomic E-state index is 12.3. The quantitative estimate of drug-likeness (QED) is 0.836. The number of aryl methyl sites for hydroxylation is 1. The number of piperidine rings is 1. The maximum atomic E-state index is 12.3. The van der Waals surface area contributed by atoms with Gasteiger partial charge in [-0.05, 0) is 31.9 Å². The van der Waals surface area contributed by atoms with Crippen LogP contribution in [0.25, 0.3) is 0 Å². The summed E-state index contributed by atoms with van der Waals surface area (Å²) in [4.78, 5) is 38.7. The van der Waals surface area contributed by atoms with Crippen molar-refractivity contribution in [2.75, 3.05) is 19.7 Å². The number of likely N-dealkylation sites (tertiary alicyclic amines) is 1. The van der Waals surface area contributed by atoms with E-state index in [2.05, 4.69) is 4.98 Å². The Hall–Kier alpha value is -2.15. The summed E-state index contributed by atoms with van der Waals surface area (Å²) in [6, 6.07) is 3.22. The third-order valence-electron chi connectivity index (χ3n) is 3.46. The molecule has 0 atom stereocenters. The molecule has 21 heavy (non-hydrogen) atoms. The van der Waals surface area contributed by atoms with Crippen LogP contribution in [0.15, 0.2) is 16.9 Å². The van der Waals surface area contributed by atoms with Gasteiger partial charge >= 0.3 is 5.97 Å². The number of nitrogens with one attached hydrogen (secondary N) is 1. The second-order valence-electron chi connectivity index (χ2n) is 5.08. The van der Waals surface area contributed by atoms with Crippen LogP contribution in [0.2, 0.25) is 0 Å². The molecule has 7 heteroatoms. The number of pyridine rings is 1. The molecule has 2 rings (SSSR count). The number of carbonyl (C=O) groups is 2. The highest BCUT2D eigenvalue weighted by Gasteiger charge is 2.25. The maximum Gasteiger partial charge on any atom is 0.329 e. The number of H-pyrrole nitrogens is 1. The van der Waals surface area contributed by atoms with Crippen LogP contribution in [-0.2, 0) is 9.53 Å². The molecule has 1 aromatic rings. The van der Waals surface area contributed by atoms with E-state index in [1.807, 2.05) is 0 Å². The second kappa shape index (κ2) is 6.53. The number of aromatic nitrogens is 1. The van der Waals surface area contributed by atoms with Gasteiger partial charge in [-0.15, -0.1) is 0 Å². The lowest BCUT2D eigenvalue weighted by molar-refractivity contribution is -0.145. The van der Waals surface area contributed by atoms with Crippen LogP contribution in [0, 0.1) is 6.92 Å². The Morgan fingerprint density at radius 1 is 1.38 bits per heavy atom. The van der Waals surface area contributed by atoms with Gasteiger partial charge in [0, 0.05) is 18.8 Å². The Balaban J connectivity index is 1.94.